The number of phenolic OH excluding ortho intramolecular Hbond substituents is 1. The molecule has 1 aliphatic rings. The summed E-state index contributed by atoms with van der Waals surface area (Å²) in [5, 5.41) is 19.1. The molecule has 2 heterocycles. The smallest absolute Gasteiger partial charge is 0.154 e. The van der Waals surface area contributed by atoms with E-state index in [0.717, 1.165) is 9.52 Å². The number of aromatic nitrogens is 3. The van der Waals surface area contributed by atoms with Crippen LogP contribution >= 0.6 is 0 Å². The molecule has 0 amide bonds. The molecule has 4 nitrogen and oxygen atoms in total. The molecule has 2 N–H and O–H groups in total. The van der Waals surface area contributed by atoms with E-state index in [-0.39, 0.29) is 5.75 Å². The van der Waals surface area contributed by atoms with E-state index in [9.17, 15) is 0 Å². The van der Waals surface area contributed by atoms with Gasteiger partial charge in [0.2, 0.25) is 0 Å². The van der Waals surface area contributed by atoms with Gasteiger partial charge in [-0.25, -0.2) is 0 Å². The van der Waals surface area contributed by atoms with Crippen molar-refractivity contribution in [1.82, 2.24) is 15.4 Å². The fraction of sp³-hybridized carbons (Fsp3) is 0. The normalized spacial score (nSPS) is 12.8. The number of fused-ring (bicyclic) bond motifs is 1. The molecule has 0 aliphatic carbocycles. The summed E-state index contributed by atoms with van der Waals surface area (Å²) < 4.78 is 0. The predicted octanol–water partition coefficient (Wildman–Crippen LogP) is 1.40. The first-order chi connectivity index (χ1) is 7.38. The maximum atomic E-state index is 9.14. The second-order valence-corrected chi connectivity index (χ2v) is 3.85. The third-order valence-electron chi connectivity index (χ3n) is 1.82. The number of allylic oxidation sites excluding steroid dienone is 2. The standard InChI is InChI=1S/C6H5N3O.C4H4Si/c10-5-3-1-2-4-6(5)8-9-7-4;1-2-4-5-3-1/h1-3,10H,(H,7,8,9);1-4H. The number of aromatic hydroxyl groups is 1. The summed E-state index contributed by atoms with van der Waals surface area (Å²) in [7, 11) is 0.948. The van der Waals surface area contributed by atoms with Crippen LogP contribution in [-0.2, 0) is 0 Å². The summed E-state index contributed by atoms with van der Waals surface area (Å²) in [6.07, 6.45) is 4.14. The Morgan fingerprint density at radius 2 is 1.93 bits per heavy atom. The number of hydrogen-bond acceptors (Lipinski definition) is 3. The summed E-state index contributed by atoms with van der Waals surface area (Å²) in [5.41, 5.74) is 5.50. The van der Waals surface area contributed by atoms with E-state index in [0.29, 0.717) is 11.0 Å². The lowest BCUT2D eigenvalue weighted by Gasteiger charge is -1.87. The number of aromatic amines is 1. The van der Waals surface area contributed by atoms with Crippen LogP contribution in [0.1, 0.15) is 0 Å². The summed E-state index contributed by atoms with van der Waals surface area (Å²) in [6.45, 7) is 0. The highest BCUT2D eigenvalue weighted by Crippen LogP contribution is 2.18. The van der Waals surface area contributed by atoms with E-state index >= 15 is 0 Å². The number of nitrogens with one attached hydrogen (secondary N) is 1. The lowest BCUT2D eigenvalue weighted by molar-refractivity contribution is 0.480. The van der Waals surface area contributed by atoms with Crippen molar-refractivity contribution in [2.75, 3.05) is 0 Å². The predicted molar refractivity (Wildman–Crippen MR) is 59.6 cm³/mol. The molecule has 0 atom stereocenters. The van der Waals surface area contributed by atoms with Gasteiger partial charge in [0.1, 0.15) is 20.8 Å². The molecule has 0 saturated carbocycles. The minimum Gasteiger partial charge on any atom is -0.506 e. The molecule has 0 saturated heterocycles. The van der Waals surface area contributed by atoms with Crippen LogP contribution in [0.5, 0.6) is 5.75 Å². The molecule has 15 heavy (non-hydrogen) atoms. The van der Waals surface area contributed by atoms with Crippen LogP contribution < -0.4 is 0 Å². The Balaban J connectivity index is 0.000000144. The molecular weight excluding hydrogens is 206 g/mol. The molecule has 5 heteroatoms. The lowest BCUT2D eigenvalue weighted by atomic mass is 10.3. The maximum absolute atomic E-state index is 9.14. The van der Waals surface area contributed by atoms with Crippen molar-refractivity contribution in [2.45, 2.75) is 0 Å². The van der Waals surface area contributed by atoms with Gasteiger partial charge in [0.15, 0.2) is 5.52 Å². The summed E-state index contributed by atoms with van der Waals surface area (Å²) in [6, 6.07) is 5.07. The van der Waals surface area contributed by atoms with Crippen LogP contribution in [0.4, 0.5) is 0 Å². The second-order valence-electron chi connectivity index (χ2n) is 2.85. The van der Waals surface area contributed by atoms with Crippen LogP contribution in [0.15, 0.2) is 41.7 Å². The number of para-hydroxylation sites is 1. The zero-order chi connectivity index (χ0) is 10.5. The van der Waals surface area contributed by atoms with Gasteiger partial charge in [-0.1, -0.05) is 29.6 Å². The summed E-state index contributed by atoms with van der Waals surface area (Å²) in [4.78, 5) is 0. The Morgan fingerprint density at radius 3 is 2.53 bits per heavy atom. The number of phenols is 1. The van der Waals surface area contributed by atoms with Crippen LogP contribution in [0.3, 0.4) is 0 Å². The fourth-order valence-electron chi connectivity index (χ4n) is 1.13. The van der Waals surface area contributed by atoms with E-state index in [1.807, 2.05) is 0 Å². The highest BCUT2D eigenvalue weighted by molar-refractivity contribution is 6.49. The zero-order valence-corrected chi connectivity index (χ0v) is 8.88. The zero-order valence-electron chi connectivity index (χ0n) is 7.88. The van der Waals surface area contributed by atoms with Crippen molar-refractivity contribution >= 4 is 20.6 Å². The first-order valence-electron chi connectivity index (χ1n) is 4.44. The fourth-order valence-corrected chi connectivity index (χ4v) is 1.69. The van der Waals surface area contributed by atoms with Crippen molar-refractivity contribution in [3.63, 3.8) is 0 Å². The summed E-state index contributed by atoms with van der Waals surface area (Å²) >= 11 is 0. The van der Waals surface area contributed by atoms with Crippen molar-refractivity contribution in [2.24, 2.45) is 0 Å². The second kappa shape index (κ2) is 4.56. The molecule has 1 aromatic heterocycles. The van der Waals surface area contributed by atoms with E-state index in [1.165, 1.54) is 0 Å². The molecule has 0 unspecified atom stereocenters. The quantitative estimate of drug-likeness (QED) is 0.653. The van der Waals surface area contributed by atoms with Crippen molar-refractivity contribution < 1.29 is 5.11 Å². The minimum atomic E-state index is 0.159. The number of rotatable bonds is 0. The molecule has 0 bridgehead atoms. The van der Waals surface area contributed by atoms with Crippen LogP contribution in [-0.4, -0.2) is 30.0 Å². The molecule has 1 aromatic carbocycles. The number of nitrogens with zero attached hydrogens (tertiary/aromatic N) is 2. The van der Waals surface area contributed by atoms with Gasteiger partial charge >= 0.3 is 0 Å². The Bertz CT molecular complexity index is 494. The molecule has 0 spiro atoms. The highest BCUT2D eigenvalue weighted by Gasteiger charge is 1.99. The first-order valence-corrected chi connectivity index (χ1v) is 5.59. The Labute approximate surface area is 89.1 Å². The van der Waals surface area contributed by atoms with Gasteiger partial charge in [-0.15, -0.1) is 0 Å². The molecular formula is C10H9N3OSi. The third-order valence-corrected chi connectivity index (χ3v) is 2.59. The van der Waals surface area contributed by atoms with Gasteiger partial charge in [-0.2, -0.15) is 15.4 Å². The molecule has 2 radical (unpaired) electrons. The van der Waals surface area contributed by atoms with Crippen LogP contribution in [0.2, 0.25) is 0 Å². The van der Waals surface area contributed by atoms with E-state index in [1.54, 1.807) is 18.2 Å². The van der Waals surface area contributed by atoms with Gasteiger partial charge in [-0.3, -0.25) is 0 Å². The average molecular weight is 215 g/mol. The van der Waals surface area contributed by atoms with Crippen LogP contribution in [0, 0.1) is 0 Å². The third kappa shape index (κ3) is 2.32. The highest BCUT2D eigenvalue weighted by atomic mass is 28.2. The lowest BCUT2D eigenvalue weighted by Crippen LogP contribution is -1.68. The largest absolute Gasteiger partial charge is 0.506 e. The van der Waals surface area contributed by atoms with Gasteiger partial charge in [0.05, 0.1) is 0 Å². The van der Waals surface area contributed by atoms with Gasteiger partial charge in [0, 0.05) is 0 Å². The van der Waals surface area contributed by atoms with Gasteiger partial charge in [0.25, 0.3) is 0 Å². The Morgan fingerprint density at radius 1 is 1.13 bits per heavy atom. The van der Waals surface area contributed by atoms with Crippen molar-refractivity contribution in [1.29, 1.82) is 0 Å². The number of hydrogen-bond donors (Lipinski definition) is 2. The maximum Gasteiger partial charge on any atom is 0.154 e. The van der Waals surface area contributed by atoms with E-state index < -0.39 is 0 Å². The minimum absolute atomic E-state index is 0.159. The molecule has 2 aromatic rings. The monoisotopic (exact) mass is 215 g/mol. The molecule has 3 rings (SSSR count). The van der Waals surface area contributed by atoms with Crippen molar-refractivity contribution in [3.8, 4) is 5.75 Å². The average Bonchev–Trinajstić information content (AvgIpc) is 2.93. The first kappa shape index (κ1) is 9.66. The SMILES string of the molecule is C1=C[Si]C=C1.Oc1cccc2n[nH]nc12. The Kier molecular flexibility index (Phi) is 2.94. The molecule has 1 aliphatic heterocycles. The van der Waals surface area contributed by atoms with E-state index in [2.05, 4.69) is 39.0 Å². The molecule has 74 valence electrons. The van der Waals surface area contributed by atoms with Crippen molar-refractivity contribution in [3.05, 3.63) is 41.7 Å². The number of benzene rings is 1. The Hall–Kier alpha value is -1.88. The molecule has 0 fully saturated rings. The number of H-pyrrole nitrogens is 1. The summed E-state index contributed by atoms with van der Waals surface area (Å²) in [5.74, 6) is 0.159. The van der Waals surface area contributed by atoms with E-state index in [4.69, 9.17) is 5.11 Å². The van der Waals surface area contributed by atoms with Gasteiger partial charge < -0.3 is 5.11 Å². The van der Waals surface area contributed by atoms with Crippen LogP contribution in [0.25, 0.3) is 11.0 Å². The topological polar surface area (TPSA) is 61.8 Å². The van der Waals surface area contributed by atoms with Gasteiger partial charge in [-0.05, 0) is 12.1 Å².